The minimum atomic E-state index is 0.240. The van der Waals surface area contributed by atoms with E-state index in [4.69, 9.17) is 0 Å². The van der Waals surface area contributed by atoms with Crippen LogP contribution >= 0.6 is 0 Å². The summed E-state index contributed by atoms with van der Waals surface area (Å²) in [5.41, 5.74) is 1.61. The van der Waals surface area contributed by atoms with Gasteiger partial charge in [-0.05, 0) is 65.6 Å². The van der Waals surface area contributed by atoms with Crippen molar-refractivity contribution in [3.8, 4) is 0 Å². The minimum Gasteiger partial charge on any atom is -0.312 e. The van der Waals surface area contributed by atoms with Gasteiger partial charge in [-0.2, -0.15) is 0 Å². The summed E-state index contributed by atoms with van der Waals surface area (Å²) in [5, 5.41) is 3.75. The number of likely N-dealkylation sites (tertiary alicyclic amines) is 1. The standard InChI is InChI=1S/C16H32N2/c1-6-10-17-15(13-14(3)7-2)16(4,5)18-11-8-9-12-18/h15,17H,3,6-13H2,1-2,4-5H3. The fourth-order valence-corrected chi connectivity index (χ4v) is 2.84. The van der Waals surface area contributed by atoms with E-state index < -0.39 is 0 Å². The van der Waals surface area contributed by atoms with Crippen molar-refractivity contribution in [2.45, 2.75) is 71.4 Å². The molecule has 0 spiro atoms. The van der Waals surface area contributed by atoms with Crippen molar-refractivity contribution in [1.29, 1.82) is 0 Å². The molecule has 2 heteroatoms. The Kier molecular flexibility index (Phi) is 6.37. The fraction of sp³-hybridized carbons (Fsp3) is 0.875. The van der Waals surface area contributed by atoms with E-state index in [1.165, 1.54) is 37.9 Å². The molecule has 1 heterocycles. The average molecular weight is 252 g/mol. The minimum absolute atomic E-state index is 0.240. The van der Waals surface area contributed by atoms with Crippen molar-refractivity contribution in [2.75, 3.05) is 19.6 Å². The molecule has 0 radical (unpaired) electrons. The van der Waals surface area contributed by atoms with Gasteiger partial charge in [0.1, 0.15) is 0 Å². The van der Waals surface area contributed by atoms with Gasteiger partial charge in [-0.3, -0.25) is 4.90 Å². The molecule has 106 valence electrons. The summed E-state index contributed by atoms with van der Waals surface area (Å²) >= 11 is 0. The Morgan fingerprint density at radius 2 is 1.89 bits per heavy atom. The highest BCUT2D eigenvalue weighted by molar-refractivity contribution is 5.04. The molecule has 1 N–H and O–H groups in total. The molecule has 0 amide bonds. The summed E-state index contributed by atoms with van der Waals surface area (Å²) in [6, 6.07) is 0.531. The van der Waals surface area contributed by atoms with Gasteiger partial charge in [0.25, 0.3) is 0 Å². The average Bonchev–Trinajstić information content (AvgIpc) is 2.88. The summed E-state index contributed by atoms with van der Waals surface area (Å²) in [6.45, 7) is 17.1. The molecule has 1 unspecified atom stereocenters. The monoisotopic (exact) mass is 252 g/mol. The van der Waals surface area contributed by atoms with Gasteiger partial charge >= 0.3 is 0 Å². The van der Waals surface area contributed by atoms with E-state index >= 15 is 0 Å². The molecule has 0 saturated carbocycles. The van der Waals surface area contributed by atoms with Gasteiger partial charge in [0, 0.05) is 11.6 Å². The third-order valence-electron chi connectivity index (χ3n) is 4.41. The largest absolute Gasteiger partial charge is 0.312 e. The predicted molar refractivity (Wildman–Crippen MR) is 81.0 cm³/mol. The zero-order chi connectivity index (χ0) is 13.6. The van der Waals surface area contributed by atoms with Crippen LogP contribution in [0, 0.1) is 0 Å². The Morgan fingerprint density at radius 1 is 1.28 bits per heavy atom. The van der Waals surface area contributed by atoms with E-state index in [1.54, 1.807) is 0 Å². The van der Waals surface area contributed by atoms with E-state index in [9.17, 15) is 0 Å². The molecule has 1 atom stereocenters. The molecule has 0 aliphatic carbocycles. The van der Waals surface area contributed by atoms with Gasteiger partial charge in [0.2, 0.25) is 0 Å². The quantitative estimate of drug-likeness (QED) is 0.664. The Hall–Kier alpha value is -0.340. The molecular weight excluding hydrogens is 220 g/mol. The van der Waals surface area contributed by atoms with E-state index in [0.29, 0.717) is 6.04 Å². The lowest BCUT2D eigenvalue weighted by Crippen LogP contribution is -2.57. The lowest BCUT2D eigenvalue weighted by Gasteiger charge is -2.43. The second kappa shape index (κ2) is 7.30. The normalized spacial score (nSPS) is 19.1. The molecular formula is C16H32N2. The maximum absolute atomic E-state index is 4.20. The first-order valence-corrected chi connectivity index (χ1v) is 7.67. The highest BCUT2D eigenvalue weighted by atomic mass is 15.2. The Labute approximate surface area is 114 Å². The van der Waals surface area contributed by atoms with Crippen LogP contribution in [0.2, 0.25) is 0 Å². The Morgan fingerprint density at radius 3 is 2.39 bits per heavy atom. The fourth-order valence-electron chi connectivity index (χ4n) is 2.84. The van der Waals surface area contributed by atoms with Gasteiger partial charge in [0.15, 0.2) is 0 Å². The van der Waals surface area contributed by atoms with E-state index in [1.807, 2.05) is 0 Å². The number of nitrogens with zero attached hydrogens (tertiary/aromatic N) is 1. The molecule has 1 aliphatic rings. The first kappa shape index (κ1) is 15.7. The van der Waals surface area contributed by atoms with E-state index in [-0.39, 0.29) is 5.54 Å². The lowest BCUT2D eigenvalue weighted by atomic mass is 9.87. The number of rotatable bonds is 8. The van der Waals surface area contributed by atoms with Crippen LogP contribution in [-0.2, 0) is 0 Å². The van der Waals surface area contributed by atoms with Gasteiger partial charge in [0.05, 0.1) is 0 Å². The van der Waals surface area contributed by atoms with E-state index in [2.05, 4.69) is 44.5 Å². The van der Waals surface area contributed by atoms with Crippen LogP contribution in [0.4, 0.5) is 0 Å². The number of hydrogen-bond donors (Lipinski definition) is 1. The second-order valence-corrected chi connectivity index (χ2v) is 6.16. The van der Waals surface area contributed by atoms with Gasteiger partial charge in [-0.1, -0.05) is 26.0 Å². The van der Waals surface area contributed by atoms with Crippen molar-refractivity contribution < 1.29 is 0 Å². The topological polar surface area (TPSA) is 15.3 Å². The molecule has 0 bridgehead atoms. The Balaban J connectivity index is 2.68. The first-order valence-electron chi connectivity index (χ1n) is 7.67. The lowest BCUT2D eigenvalue weighted by molar-refractivity contribution is 0.106. The first-order chi connectivity index (χ1) is 8.52. The number of nitrogens with one attached hydrogen (secondary N) is 1. The molecule has 1 fully saturated rings. The van der Waals surface area contributed by atoms with Crippen molar-refractivity contribution in [2.24, 2.45) is 0 Å². The highest BCUT2D eigenvalue weighted by Gasteiger charge is 2.36. The third-order valence-corrected chi connectivity index (χ3v) is 4.41. The van der Waals surface area contributed by atoms with Crippen LogP contribution in [0.3, 0.4) is 0 Å². The van der Waals surface area contributed by atoms with Crippen molar-refractivity contribution in [1.82, 2.24) is 10.2 Å². The molecule has 1 rings (SSSR count). The molecule has 0 aromatic heterocycles. The number of hydrogen-bond acceptors (Lipinski definition) is 2. The summed E-state index contributed by atoms with van der Waals surface area (Å²) in [5.74, 6) is 0. The van der Waals surface area contributed by atoms with Crippen molar-refractivity contribution in [3.05, 3.63) is 12.2 Å². The molecule has 1 saturated heterocycles. The second-order valence-electron chi connectivity index (χ2n) is 6.16. The summed E-state index contributed by atoms with van der Waals surface area (Å²) in [4.78, 5) is 2.66. The molecule has 0 aromatic rings. The molecule has 2 nitrogen and oxygen atoms in total. The van der Waals surface area contributed by atoms with Crippen LogP contribution in [-0.4, -0.2) is 36.1 Å². The van der Waals surface area contributed by atoms with Crippen LogP contribution in [0.5, 0.6) is 0 Å². The van der Waals surface area contributed by atoms with Crippen molar-refractivity contribution in [3.63, 3.8) is 0 Å². The summed E-state index contributed by atoms with van der Waals surface area (Å²) in [7, 11) is 0. The van der Waals surface area contributed by atoms with Crippen LogP contribution in [0.15, 0.2) is 12.2 Å². The van der Waals surface area contributed by atoms with Gasteiger partial charge < -0.3 is 5.32 Å². The SMILES string of the molecule is C=C(CC)CC(NCCC)C(C)(C)N1CCCC1. The Bertz CT molecular complexity index is 252. The van der Waals surface area contributed by atoms with Gasteiger partial charge in [-0.15, -0.1) is 0 Å². The van der Waals surface area contributed by atoms with Crippen LogP contribution in [0.25, 0.3) is 0 Å². The predicted octanol–water partition coefficient (Wildman–Crippen LogP) is 3.59. The van der Waals surface area contributed by atoms with Gasteiger partial charge in [-0.25, -0.2) is 0 Å². The van der Waals surface area contributed by atoms with Crippen LogP contribution in [0.1, 0.15) is 59.8 Å². The van der Waals surface area contributed by atoms with E-state index in [0.717, 1.165) is 19.4 Å². The maximum atomic E-state index is 4.20. The third kappa shape index (κ3) is 4.10. The smallest absolute Gasteiger partial charge is 0.0309 e. The van der Waals surface area contributed by atoms with Crippen molar-refractivity contribution >= 4 is 0 Å². The highest BCUT2D eigenvalue weighted by Crippen LogP contribution is 2.27. The summed E-state index contributed by atoms with van der Waals surface area (Å²) < 4.78 is 0. The maximum Gasteiger partial charge on any atom is 0.0309 e. The zero-order valence-corrected chi connectivity index (χ0v) is 12.9. The zero-order valence-electron chi connectivity index (χ0n) is 12.9. The van der Waals surface area contributed by atoms with Crippen LogP contribution < -0.4 is 5.32 Å². The molecule has 0 aromatic carbocycles. The summed E-state index contributed by atoms with van der Waals surface area (Å²) in [6.07, 6.45) is 6.13. The molecule has 1 aliphatic heterocycles. The molecule has 18 heavy (non-hydrogen) atoms.